The van der Waals surface area contributed by atoms with Crippen LogP contribution in [-0.2, 0) is 13.1 Å². The maximum atomic E-state index is 4.45. The van der Waals surface area contributed by atoms with Gasteiger partial charge >= 0.3 is 0 Å². The Labute approximate surface area is 154 Å². The van der Waals surface area contributed by atoms with E-state index in [9.17, 15) is 0 Å². The molecule has 0 bridgehead atoms. The first-order valence-corrected chi connectivity index (χ1v) is 10.1. The summed E-state index contributed by atoms with van der Waals surface area (Å²) in [5, 5.41) is 12.2. The monoisotopic (exact) mass is 357 g/mol. The van der Waals surface area contributed by atoms with Gasteiger partial charge in [-0.15, -0.1) is 0 Å². The normalized spacial score (nSPS) is 20.6. The van der Waals surface area contributed by atoms with Crippen molar-refractivity contribution in [1.82, 2.24) is 20.4 Å². The Kier molecular flexibility index (Phi) is 6.39. The van der Waals surface area contributed by atoms with E-state index < -0.39 is 0 Å². The van der Waals surface area contributed by atoms with Gasteiger partial charge in [0.1, 0.15) is 0 Å². The smallest absolute Gasteiger partial charge is 0.191 e. The number of thioether (sulfide) groups is 1. The molecule has 1 aromatic carbocycles. The van der Waals surface area contributed by atoms with Crippen LogP contribution < -0.4 is 10.6 Å². The molecule has 1 fully saturated rings. The average Bonchev–Trinajstić information content (AvgIpc) is 3.28. The van der Waals surface area contributed by atoms with Gasteiger partial charge in [-0.2, -0.15) is 16.9 Å². The molecular weight excluding hydrogens is 330 g/mol. The van der Waals surface area contributed by atoms with Gasteiger partial charge in [0.2, 0.25) is 0 Å². The van der Waals surface area contributed by atoms with Crippen LogP contribution in [-0.4, -0.2) is 40.3 Å². The van der Waals surface area contributed by atoms with Gasteiger partial charge in [-0.1, -0.05) is 30.3 Å². The molecule has 3 rings (SSSR count). The molecule has 2 aromatic rings. The van der Waals surface area contributed by atoms with Crippen molar-refractivity contribution in [2.45, 2.75) is 43.6 Å². The van der Waals surface area contributed by atoms with E-state index in [-0.39, 0.29) is 0 Å². The minimum absolute atomic E-state index is 0.532. The second-order valence-corrected chi connectivity index (χ2v) is 7.61. The maximum absolute atomic E-state index is 4.45. The van der Waals surface area contributed by atoms with Crippen molar-refractivity contribution >= 4 is 17.7 Å². The van der Waals surface area contributed by atoms with E-state index in [2.05, 4.69) is 57.4 Å². The van der Waals surface area contributed by atoms with Crippen molar-refractivity contribution in [1.29, 1.82) is 0 Å². The Morgan fingerprint density at radius 2 is 2.12 bits per heavy atom. The van der Waals surface area contributed by atoms with E-state index in [0.29, 0.717) is 6.04 Å². The highest BCUT2D eigenvalue weighted by Crippen LogP contribution is 2.27. The lowest BCUT2D eigenvalue weighted by molar-refractivity contribution is 0.614. The van der Waals surface area contributed by atoms with Crippen LogP contribution in [0.3, 0.4) is 0 Å². The molecule has 6 heteroatoms. The lowest BCUT2D eigenvalue weighted by atomic mass is 10.2. The van der Waals surface area contributed by atoms with Crippen LogP contribution in [0.5, 0.6) is 0 Å². The lowest BCUT2D eigenvalue weighted by Crippen LogP contribution is -2.42. The first-order valence-electron chi connectivity index (χ1n) is 8.82. The zero-order valence-corrected chi connectivity index (χ0v) is 15.8. The average molecular weight is 358 g/mol. The topological polar surface area (TPSA) is 54.2 Å². The van der Waals surface area contributed by atoms with Gasteiger partial charge in [0, 0.05) is 36.6 Å². The third-order valence-corrected chi connectivity index (χ3v) is 5.71. The van der Waals surface area contributed by atoms with E-state index in [1.165, 1.54) is 24.8 Å². The van der Waals surface area contributed by atoms with Gasteiger partial charge in [-0.25, -0.2) is 0 Å². The standard InChI is InChI=1S/C19H27N5S/c1-20-19(23-17-8-9-18(10-17)25-2)21-11-16-12-22-24(14-16)13-15-6-4-3-5-7-15/h3-7,12,14,17-18H,8-11,13H2,1-2H3,(H2,20,21,23). The van der Waals surface area contributed by atoms with Crippen molar-refractivity contribution < 1.29 is 0 Å². The van der Waals surface area contributed by atoms with Crippen molar-refractivity contribution in [2.75, 3.05) is 13.3 Å². The van der Waals surface area contributed by atoms with E-state index in [1.807, 2.05) is 35.8 Å². The van der Waals surface area contributed by atoms with Crippen LogP contribution in [0.15, 0.2) is 47.7 Å². The molecule has 0 radical (unpaired) electrons. The number of hydrogen-bond donors (Lipinski definition) is 2. The Morgan fingerprint density at radius 1 is 1.28 bits per heavy atom. The zero-order valence-electron chi connectivity index (χ0n) is 15.0. The van der Waals surface area contributed by atoms with Gasteiger partial charge < -0.3 is 10.6 Å². The molecule has 25 heavy (non-hydrogen) atoms. The molecule has 0 spiro atoms. The second-order valence-electron chi connectivity index (χ2n) is 6.47. The molecule has 0 aliphatic heterocycles. The second kappa shape index (κ2) is 8.94. The van der Waals surface area contributed by atoms with Crippen molar-refractivity contribution in [3.05, 3.63) is 53.9 Å². The van der Waals surface area contributed by atoms with E-state index in [1.54, 1.807) is 0 Å². The summed E-state index contributed by atoms with van der Waals surface area (Å²) in [7, 11) is 1.83. The quantitative estimate of drug-likeness (QED) is 0.617. The molecule has 1 aliphatic carbocycles. The Morgan fingerprint density at radius 3 is 2.84 bits per heavy atom. The molecule has 1 aromatic heterocycles. The molecule has 1 aliphatic rings. The number of aromatic nitrogens is 2. The third kappa shape index (κ3) is 5.26. The summed E-state index contributed by atoms with van der Waals surface area (Å²) >= 11 is 1.97. The predicted octanol–water partition coefficient (Wildman–Crippen LogP) is 2.88. The molecule has 2 N–H and O–H groups in total. The number of nitrogens with one attached hydrogen (secondary N) is 2. The first-order chi connectivity index (χ1) is 12.3. The van der Waals surface area contributed by atoms with Crippen LogP contribution in [0, 0.1) is 0 Å². The summed E-state index contributed by atoms with van der Waals surface area (Å²) in [4.78, 5) is 4.35. The number of aliphatic imine (C=N–C) groups is 1. The maximum Gasteiger partial charge on any atom is 0.191 e. The van der Waals surface area contributed by atoms with E-state index >= 15 is 0 Å². The SMILES string of the molecule is CN=C(NCc1cnn(Cc2ccccc2)c1)NC1CCC(SC)C1. The van der Waals surface area contributed by atoms with Crippen molar-refractivity contribution in [2.24, 2.45) is 4.99 Å². The molecule has 134 valence electrons. The fourth-order valence-electron chi connectivity index (χ4n) is 3.21. The van der Waals surface area contributed by atoms with Crippen LogP contribution >= 0.6 is 11.8 Å². The molecule has 0 saturated heterocycles. The summed E-state index contributed by atoms with van der Waals surface area (Å²) in [6, 6.07) is 10.9. The third-order valence-electron chi connectivity index (χ3n) is 4.62. The summed E-state index contributed by atoms with van der Waals surface area (Å²) in [5.41, 5.74) is 2.42. The zero-order chi connectivity index (χ0) is 17.5. The summed E-state index contributed by atoms with van der Waals surface area (Å²) < 4.78 is 1.97. The highest BCUT2D eigenvalue weighted by molar-refractivity contribution is 7.99. The van der Waals surface area contributed by atoms with Crippen LogP contribution in [0.4, 0.5) is 0 Å². The number of rotatable bonds is 6. The molecule has 0 amide bonds. The van der Waals surface area contributed by atoms with Crippen LogP contribution in [0.1, 0.15) is 30.4 Å². The number of nitrogens with zero attached hydrogens (tertiary/aromatic N) is 3. The van der Waals surface area contributed by atoms with E-state index in [0.717, 1.165) is 29.9 Å². The van der Waals surface area contributed by atoms with Gasteiger partial charge in [-0.05, 0) is 31.1 Å². The highest BCUT2D eigenvalue weighted by Gasteiger charge is 2.24. The lowest BCUT2D eigenvalue weighted by Gasteiger charge is -2.17. The highest BCUT2D eigenvalue weighted by atomic mass is 32.2. The largest absolute Gasteiger partial charge is 0.354 e. The molecule has 2 unspecified atom stereocenters. The molecule has 2 atom stereocenters. The molecule has 5 nitrogen and oxygen atoms in total. The Bertz CT molecular complexity index is 682. The van der Waals surface area contributed by atoms with E-state index in [4.69, 9.17) is 0 Å². The van der Waals surface area contributed by atoms with Crippen LogP contribution in [0.25, 0.3) is 0 Å². The minimum atomic E-state index is 0.532. The number of hydrogen-bond acceptors (Lipinski definition) is 3. The summed E-state index contributed by atoms with van der Waals surface area (Å²) in [6.45, 7) is 1.53. The van der Waals surface area contributed by atoms with Gasteiger partial charge in [-0.3, -0.25) is 9.67 Å². The number of guanidine groups is 1. The Balaban J connectivity index is 1.47. The first kappa shape index (κ1) is 17.9. The summed E-state index contributed by atoms with van der Waals surface area (Å²) in [5.74, 6) is 0.877. The van der Waals surface area contributed by atoms with Crippen molar-refractivity contribution in [3.8, 4) is 0 Å². The van der Waals surface area contributed by atoms with Crippen LogP contribution in [0.2, 0.25) is 0 Å². The molecule has 1 saturated carbocycles. The van der Waals surface area contributed by atoms with Crippen molar-refractivity contribution in [3.63, 3.8) is 0 Å². The van der Waals surface area contributed by atoms with Gasteiger partial charge in [0.25, 0.3) is 0 Å². The van der Waals surface area contributed by atoms with Gasteiger partial charge in [0.15, 0.2) is 5.96 Å². The summed E-state index contributed by atoms with van der Waals surface area (Å²) in [6.07, 6.45) is 9.95. The molecule has 1 heterocycles. The minimum Gasteiger partial charge on any atom is -0.354 e. The fraction of sp³-hybridized carbons (Fsp3) is 0.474. The van der Waals surface area contributed by atoms with Gasteiger partial charge in [0.05, 0.1) is 12.7 Å². The Hall–Kier alpha value is -1.95. The molecular formula is C19H27N5S. The predicted molar refractivity (Wildman–Crippen MR) is 106 cm³/mol. The number of benzene rings is 1. The fourth-order valence-corrected chi connectivity index (χ4v) is 4.01.